The van der Waals surface area contributed by atoms with Gasteiger partial charge in [-0.1, -0.05) is 0 Å². The van der Waals surface area contributed by atoms with Crippen molar-refractivity contribution in [3.63, 3.8) is 0 Å². The monoisotopic (exact) mass is 436 g/mol. The number of benzene rings is 1. The van der Waals surface area contributed by atoms with E-state index in [0.717, 1.165) is 5.56 Å². The molecule has 1 aromatic carbocycles. The van der Waals surface area contributed by atoms with Gasteiger partial charge in [-0.05, 0) is 0 Å². The van der Waals surface area contributed by atoms with E-state index in [9.17, 15) is 0 Å². The van der Waals surface area contributed by atoms with Gasteiger partial charge >= 0.3 is 153 Å². The van der Waals surface area contributed by atoms with Crippen molar-refractivity contribution < 1.29 is 3.07 Å². The fraction of sp³-hybridized carbons (Fsp3) is 0.600. The zero-order valence-electron chi connectivity index (χ0n) is 15.6. The molecule has 3 nitrogen and oxygen atoms in total. The molecule has 0 aliphatic rings. The van der Waals surface area contributed by atoms with Crippen LogP contribution in [0.2, 0.25) is 13.3 Å². The summed E-state index contributed by atoms with van der Waals surface area (Å²) < 4.78 is 10.4. The van der Waals surface area contributed by atoms with Gasteiger partial charge in [-0.3, -0.25) is 0 Å². The van der Waals surface area contributed by atoms with E-state index in [-0.39, 0.29) is 0 Å². The Balaban J connectivity index is 3.09. The Labute approximate surface area is 152 Å². The SMILES string of the molecule is CCC[CH2][Sn]([CH2]CCC)([CH2]CCC)[O]C(=NC#N)c1ccccc1. The number of rotatable bonds is 11. The molecule has 0 aliphatic carbocycles. The van der Waals surface area contributed by atoms with Crippen molar-refractivity contribution in [2.45, 2.75) is 72.6 Å². The van der Waals surface area contributed by atoms with Gasteiger partial charge in [0.25, 0.3) is 0 Å². The van der Waals surface area contributed by atoms with E-state index in [1.165, 1.54) is 51.8 Å². The second kappa shape index (κ2) is 12.4. The molecule has 4 heteroatoms. The summed E-state index contributed by atoms with van der Waals surface area (Å²) in [5, 5.41) is 9.13. The molecule has 0 heterocycles. The van der Waals surface area contributed by atoms with Crippen LogP contribution in [0, 0.1) is 11.5 Å². The van der Waals surface area contributed by atoms with E-state index >= 15 is 0 Å². The van der Waals surface area contributed by atoms with Crippen molar-refractivity contribution in [1.82, 2.24) is 0 Å². The summed E-state index contributed by atoms with van der Waals surface area (Å²) in [6.45, 7) is 6.74. The molecule has 0 saturated carbocycles. The van der Waals surface area contributed by atoms with Crippen molar-refractivity contribution in [2.24, 2.45) is 4.99 Å². The molecular weight excluding hydrogens is 403 g/mol. The number of nitriles is 1. The summed E-state index contributed by atoms with van der Waals surface area (Å²) in [4.78, 5) is 4.06. The fourth-order valence-electron chi connectivity index (χ4n) is 3.00. The summed E-state index contributed by atoms with van der Waals surface area (Å²) in [6.07, 6.45) is 9.27. The number of nitrogens with zero attached hydrogens (tertiary/aromatic N) is 2. The molecule has 132 valence electrons. The molecule has 0 bridgehead atoms. The van der Waals surface area contributed by atoms with E-state index in [1.54, 1.807) is 0 Å². The van der Waals surface area contributed by atoms with Gasteiger partial charge in [0.1, 0.15) is 0 Å². The van der Waals surface area contributed by atoms with Crippen LogP contribution in [0.15, 0.2) is 35.3 Å². The molecule has 0 spiro atoms. The molecule has 0 radical (unpaired) electrons. The molecule has 0 atom stereocenters. The molecule has 24 heavy (non-hydrogen) atoms. The van der Waals surface area contributed by atoms with Crippen LogP contribution < -0.4 is 0 Å². The number of hydrogen-bond donors (Lipinski definition) is 0. The van der Waals surface area contributed by atoms with E-state index in [0.29, 0.717) is 5.90 Å². The first-order chi connectivity index (χ1) is 11.7. The average Bonchev–Trinajstić information content (AvgIpc) is 2.63. The Kier molecular flexibility index (Phi) is 10.8. The molecule has 0 saturated heterocycles. The van der Waals surface area contributed by atoms with Gasteiger partial charge in [0.05, 0.1) is 0 Å². The third kappa shape index (κ3) is 7.25. The van der Waals surface area contributed by atoms with Gasteiger partial charge in [0.15, 0.2) is 0 Å². The van der Waals surface area contributed by atoms with Crippen LogP contribution in [0.1, 0.15) is 64.9 Å². The van der Waals surface area contributed by atoms with Gasteiger partial charge in [-0.25, -0.2) is 0 Å². The average molecular weight is 435 g/mol. The zero-order valence-corrected chi connectivity index (χ0v) is 18.4. The van der Waals surface area contributed by atoms with Gasteiger partial charge in [-0.15, -0.1) is 0 Å². The minimum absolute atomic E-state index is 0.567. The Morgan fingerprint density at radius 3 is 1.88 bits per heavy atom. The normalized spacial score (nSPS) is 12.0. The Morgan fingerprint density at radius 2 is 1.46 bits per heavy atom. The fourth-order valence-corrected chi connectivity index (χ4v) is 16.2. The van der Waals surface area contributed by atoms with Crippen LogP contribution in [0.4, 0.5) is 0 Å². The predicted molar refractivity (Wildman–Crippen MR) is 105 cm³/mol. The maximum absolute atomic E-state index is 9.13. The second-order valence-corrected chi connectivity index (χ2v) is 18.1. The van der Waals surface area contributed by atoms with Crippen molar-refractivity contribution >= 4 is 24.7 Å². The summed E-state index contributed by atoms with van der Waals surface area (Å²) in [7, 11) is 0. The Hall–Kier alpha value is -1.02. The van der Waals surface area contributed by atoms with Gasteiger partial charge in [0, 0.05) is 0 Å². The summed E-state index contributed by atoms with van der Waals surface area (Å²) in [5.41, 5.74) is 0.935. The molecule has 0 unspecified atom stereocenters. The summed E-state index contributed by atoms with van der Waals surface area (Å²) in [5.74, 6) is 0.567. The molecule has 0 fully saturated rings. The van der Waals surface area contributed by atoms with E-state index < -0.39 is 18.8 Å². The molecular formula is C20H32N2OSn. The van der Waals surface area contributed by atoms with Gasteiger partial charge in [0.2, 0.25) is 0 Å². The Bertz CT molecular complexity index is 500. The van der Waals surface area contributed by atoms with Crippen LogP contribution in [0.3, 0.4) is 0 Å². The van der Waals surface area contributed by atoms with E-state index in [4.69, 9.17) is 8.34 Å². The van der Waals surface area contributed by atoms with Crippen molar-refractivity contribution in [3.05, 3.63) is 35.9 Å². The van der Waals surface area contributed by atoms with Crippen LogP contribution in [0.25, 0.3) is 0 Å². The van der Waals surface area contributed by atoms with Crippen LogP contribution >= 0.6 is 0 Å². The topological polar surface area (TPSA) is 45.4 Å². The molecule has 1 rings (SSSR count). The zero-order chi connectivity index (χ0) is 17.7. The summed E-state index contributed by atoms with van der Waals surface area (Å²) >= 11 is -2.81. The molecule has 1 aromatic rings. The first-order valence-corrected chi connectivity index (χ1v) is 16.6. The first-order valence-electron chi connectivity index (χ1n) is 9.42. The quantitative estimate of drug-likeness (QED) is 0.178. The van der Waals surface area contributed by atoms with Gasteiger partial charge in [-0.2, -0.15) is 0 Å². The van der Waals surface area contributed by atoms with Gasteiger partial charge < -0.3 is 0 Å². The standard InChI is InChI=1S/C8H6N2O.3C4H9.Sn/c9-6-10-8(11)7-4-2-1-3-5-7;3*1-3-4-2;/h1-5H,(H,10,11);3*1,3-4H2,2H3;/q;;;;+1/p-1. The van der Waals surface area contributed by atoms with Crippen LogP contribution in [0.5, 0.6) is 0 Å². The van der Waals surface area contributed by atoms with Crippen LogP contribution in [-0.4, -0.2) is 24.7 Å². The molecule has 0 aliphatic heterocycles. The third-order valence-corrected chi connectivity index (χ3v) is 17.1. The van der Waals surface area contributed by atoms with Crippen LogP contribution in [-0.2, 0) is 3.07 Å². The summed E-state index contributed by atoms with van der Waals surface area (Å²) in [6, 6.07) is 9.92. The van der Waals surface area contributed by atoms with E-state index in [1.807, 2.05) is 36.5 Å². The van der Waals surface area contributed by atoms with Crippen molar-refractivity contribution in [2.75, 3.05) is 0 Å². The number of aliphatic imine (C=N–C) groups is 1. The number of unbranched alkanes of at least 4 members (excludes halogenated alkanes) is 3. The van der Waals surface area contributed by atoms with Crippen molar-refractivity contribution in [3.8, 4) is 6.19 Å². The maximum atomic E-state index is 9.13. The minimum atomic E-state index is -2.81. The second-order valence-electron chi connectivity index (χ2n) is 6.48. The predicted octanol–water partition coefficient (Wildman–Crippen LogP) is 6.28. The third-order valence-electron chi connectivity index (χ3n) is 4.44. The molecule has 0 amide bonds. The first kappa shape index (κ1) is 21.0. The van der Waals surface area contributed by atoms with E-state index in [2.05, 4.69) is 25.8 Å². The Morgan fingerprint density at radius 1 is 0.958 bits per heavy atom. The molecule has 0 aromatic heterocycles. The molecule has 0 N–H and O–H groups in total. The van der Waals surface area contributed by atoms with Crippen molar-refractivity contribution in [1.29, 1.82) is 5.26 Å². The number of hydrogen-bond acceptors (Lipinski definition) is 3.